The standard InChI is InChI=1S/C11H9N3O2/c1-15-10-11(16-2)14-9-7(6-12)4-3-5-8(9)13-10/h3-5H,1-2H3. The number of nitriles is 1. The number of hydrogen-bond acceptors (Lipinski definition) is 5. The van der Waals surface area contributed by atoms with Crippen LogP contribution < -0.4 is 9.47 Å². The lowest BCUT2D eigenvalue weighted by molar-refractivity contribution is 0.334. The first-order valence-electron chi connectivity index (χ1n) is 4.59. The van der Waals surface area contributed by atoms with Gasteiger partial charge in [-0.05, 0) is 12.1 Å². The quantitative estimate of drug-likeness (QED) is 0.759. The van der Waals surface area contributed by atoms with Crippen LogP contribution in [0.15, 0.2) is 18.2 Å². The molecule has 1 aromatic heterocycles. The summed E-state index contributed by atoms with van der Waals surface area (Å²) in [7, 11) is 2.97. The Morgan fingerprint density at radius 2 is 1.81 bits per heavy atom. The molecule has 0 atom stereocenters. The van der Waals surface area contributed by atoms with Crippen LogP contribution in [-0.4, -0.2) is 24.2 Å². The molecule has 0 radical (unpaired) electrons. The van der Waals surface area contributed by atoms with Gasteiger partial charge in [-0.25, -0.2) is 9.97 Å². The van der Waals surface area contributed by atoms with Gasteiger partial charge in [0.15, 0.2) is 0 Å². The topological polar surface area (TPSA) is 68.0 Å². The maximum atomic E-state index is 8.94. The van der Waals surface area contributed by atoms with Gasteiger partial charge in [-0.2, -0.15) is 5.26 Å². The molecule has 1 aromatic carbocycles. The third-order valence-corrected chi connectivity index (χ3v) is 2.14. The van der Waals surface area contributed by atoms with E-state index in [9.17, 15) is 0 Å². The summed E-state index contributed by atoms with van der Waals surface area (Å²) in [6.07, 6.45) is 0. The average molecular weight is 215 g/mol. The first kappa shape index (κ1) is 10.2. The third-order valence-electron chi connectivity index (χ3n) is 2.14. The maximum Gasteiger partial charge on any atom is 0.278 e. The van der Waals surface area contributed by atoms with Crippen LogP contribution in [0.1, 0.15) is 5.56 Å². The zero-order chi connectivity index (χ0) is 11.5. The number of ether oxygens (including phenoxy) is 2. The largest absolute Gasteiger partial charge is 0.477 e. The van der Waals surface area contributed by atoms with Crippen LogP contribution in [0.3, 0.4) is 0 Å². The minimum absolute atomic E-state index is 0.276. The van der Waals surface area contributed by atoms with Crippen LogP contribution in [0.4, 0.5) is 0 Å². The Balaban J connectivity index is 2.79. The number of aromatic nitrogens is 2. The lowest BCUT2D eigenvalue weighted by Gasteiger charge is -2.06. The summed E-state index contributed by atoms with van der Waals surface area (Å²) in [4.78, 5) is 8.42. The van der Waals surface area contributed by atoms with E-state index in [2.05, 4.69) is 16.0 Å². The van der Waals surface area contributed by atoms with E-state index in [0.29, 0.717) is 22.5 Å². The zero-order valence-electron chi connectivity index (χ0n) is 8.89. The molecule has 5 heteroatoms. The van der Waals surface area contributed by atoms with Crippen LogP contribution in [0.5, 0.6) is 11.8 Å². The molecule has 0 aliphatic carbocycles. The summed E-state index contributed by atoms with van der Waals surface area (Å²) in [5, 5.41) is 8.94. The summed E-state index contributed by atoms with van der Waals surface area (Å²) >= 11 is 0. The van der Waals surface area contributed by atoms with E-state index in [1.165, 1.54) is 14.2 Å². The summed E-state index contributed by atoms with van der Waals surface area (Å²) in [6.45, 7) is 0. The third kappa shape index (κ3) is 1.50. The Morgan fingerprint density at radius 1 is 1.12 bits per heavy atom. The van der Waals surface area contributed by atoms with Crippen molar-refractivity contribution in [3.8, 4) is 17.8 Å². The highest BCUT2D eigenvalue weighted by Gasteiger charge is 2.11. The molecule has 80 valence electrons. The van der Waals surface area contributed by atoms with Gasteiger partial charge in [0.05, 0.1) is 25.3 Å². The predicted octanol–water partition coefficient (Wildman–Crippen LogP) is 1.52. The van der Waals surface area contributed by atoms with Crippen molar-refractivity contribution in [2.45, 2.75) is 0 Å². The lowest BCUT2D eigenvalue weighted by atomic mass is 10.2. The van der Waals surface area contributed by atoms with E-state index in [-0.39, 0.29) is 5.88 Å². The van der Waals surface area contributed by atoms with Crippen molar-refractivity contribution in [1.82, 2.24) is 9.97 Å². The van der Waals surface area contributed by atoms with E-state index in [1.54, 1.807) is 18.2 Å². The van der Waals surface area contributed by atoms with E-state index in [4.69, 9.17) is 14.7 Å². The number of hydrogen-bond donors (Lipinski definition) is 0. The first-order valence-corrected chi connectivity index (χ1v) is 4.59. The highest BCUT2D eigenvalue weighted by Crippen LogP contribution is 2.26. The summed E-state index contributed by atoms with van der Waals surface area (Å²) in [5.74, 6) is 0.586. The van der Waals surface area contributed by atoms with Crippen molar-refractivity contribution in [3.63, 3.8) is 0 Å². The molecule has 0 bridgehead atoms. The fraction of sp³-hybridized carbons (Fsp3) is 0.182. The van der Waals surface area contributed by atoms with Crippen LogP contribution >= 0.6 is 0 Å². The second-order valence-electron chi connectivity index (χ2n) is 3.03. The van der Waals surface area contributed by atoms with Gasteiger partial charge in [0, 0.05) is 0 Å². The molecule has 0 saturated carbocycles. The van der Waals surface area contributed by atoms with Gasteiger partial charge in [-0.3, -0.25) is 0 Å². The van der Waals surface area contributed by atoms with Gasteiger partial charge in [-0.1, -0.05) is 6.07 Å². The highest BCUT2D eigenvalue weighted by atomic mass is 16.5. The van der Waals surface area contributed by atoms with E-state index in [1.807, 2.05) is 0 Å². The number of nitrogens with zero attached hydrogens (tertiary/aromatic N) is 3. The zero-order valence-corrected chi connectivity index (χ0v) is 8.89. The van der Waals surface area contributed by atoms with Gasteiger partial charge in [0.1, 0.15) is 11.6 Å². The number of benzene rings is 1. The van der Waals surface area contributed by atoms with Crippen LogP contribution in [0, 0.1) is 11.3 Å². The molecule has 0 aliphatic heterocycles. The lowest BCUT2D eigenvalue weighted by Crippen LogP contribution is -1.98. The fourth-order valence-corrected chi connectivity index (χ4v) is 1.40. The SMILES string of the molecule is COc1nc2cccc(C#N)c2nc1OC. The Labute approximate surface area is 92.3 Å². The molecule has 2 aromatic rings. The predicted molar refractivity (Wildman–Crippen MR) is 57.4 cm³/mol. The smallest absolute Gasteiger partial charge is 0.278 e. The molecule has 0 unspecified atom stereocenters. The van der Waals surface area contributed by atoms with E-state index >= 15 is 0 Å². The van der Waals surface area contributed by atoms with Gasteiger partial charge < -0.3 is 9.47 Å². The molecular weight excluding hydrogens is 206 g/mol. The Bertz CT molecular complexity index is 575. The molecule has 16 heavy (non-hydrogen) atoms. The summed E-state index contributed by atoms with van der Waals surface area (Å²) in [5.41, 5.74) is 1.59. The van der Waals surface area contributed by atoms with Crippen molar-refractivity contribution >= 4 is 11.0 Å². The molecule has 0 fully saturated rings. The monoisotopic (exact) mass is 215 g/mol. The van der Waals surface area contributed by atoms with Gasteiger partial charge in [0.25, 0.3) is 11.8 Å². The van der Waals surface area contributed by atoms with Crippen molar-refractivity contribution in [2.24, 2.45) is 0 Å². The second-order valence-corrected chi connectivity index (χ2v) is 3.03. The molecule has 5 nitrogen and oxygen atoms in total. The molecule has 1 heterocycles. The van der Waals surface area contributed by atoms with Gasteiger partial charge in [0.2, 0.25) is 0 Å². The van der Waals surface area contributed by atoms with E-state index < -0.39 is 0 Å². The number of rotatable bonds is 2. The van der Waals surface area contributed by atoms with Crippen LogP contribution in [0.25, 0.3) is 11.0 Å². The van der Waals surface area contributed by atoms with Crippen LogP contribution in [-0.2, 0) is 0 Å². The van der Waals surface area contributed by atoms with Crippen molar-refractivity contribution in [2.75, 3.05) is 14.2 Å². The van der Waals surface area contributed by atoms with E-state index in [0.717, 1.165) is 0 Å². The molecule has 0 saturated heterocycles. The second kappa shape index (κ2) is 4.03. The Kier molecular flexibility index (Phi) is 2.56. The average Bonchev–Trinajstić information content (AvgIpc) is 2.36. The minimum atomic E-state index is 0.276. The maximum absolute atomic E-state index is 8.94. The molecule has 2 rings (SSSR count). The van der Waals surface area contributed by atoms with Crippen LogP contribution in [0.2, 0.25) is 0 Å². The van der Waals surface area contributed by atoms with Crippen molar-refractivity contribution < 1.29 is 9.47 Å². The molecule has 0 spiro atoms. The van der Waals surface area contributed by atoms with Gasteiger partial charge >= 0.3 is 0 Å². The number of fused-ring (bicyclic) bond motifs is 1. The number of methoxy groups -OCH3 is 2. The molecule has 0 aliphatic rings. The normalized spacial score (nSPS) is 9.81. The van der Waals surface area contributed by atoms with Gasteiger partial charge in [-0.15, -0.1) is 0 Å². The first-order chi connectivity index (χ1) is 7.80. The molecule has 0 N–H and O–H groups in total. The highest BCUT2D eigenvalue weighted by molar-refractivity contribution is 5.81. The van der Waals surface area contributed by atoms with Crippen molar-refractivity contribution in [3.05, 3.63) is 23.8 Å². The van der Waals surface area contributed by atoms with Crippen molar-refractivity contribution in [1.29, 1.82) is 5.26 Å². The number of para-hydroxylation sites is 1. The molecular formula is C11H9N3O2. The Hall–Kier alpha value is -2.35. The fourth-order valence-electron chi connectivity index (χ4n) is 1.40. The molecule has 0 amide bonds. The summed E-state index contributed by atoms with van der Waals surface area (Å²) in [6, 6.07) is 7.26. The Morgan fingerprint density at radius 3 is 2.44 bits per heavy atom. The summed E-state index contributed by atoms with van der Waals surface area (Å²) < 4.78 is 10.1. The minimum Gasteiger partial charge on any atom is -0.477 e.